The lowest BCUT2D eigenvalue weighted by Crippen LogP contribution is -2.38. The molecule has 7 heteroatoms. The molecule has 1 fully saturated rings. The second-order valence-electron chi connectivity index (χ2n) is 5.34. The summed E-state index contributed by atoms with van der Waals surface area (Å²) in [5.74, 6) is 0.483. The van der Waals surface area contributed by atoms with Crippen LogP contribution in [0.1, 0.15) is 25.7 Å². The zero-order valence-corrected chi connectivity index (χ0v) is 12.6. The summed E-state index contributed by atoms with van der Waals surface area (Å²) in [6, 6.07) is 0. The first-order valence-electron chi connectivity index (χ1n) is 6.74. The van der Waals surface area contributed by atoms with Crippen molar-refractivity contribution in [2.75, 3.05) is 32.9 Å². The lowest BCUT2D eigenvalue weighted by atomic mass is 9.81. The predicted octanol–water partition coefficient (Wildman–Crippen LogP) is -0.241. The van der Waals surface area contributed by atoms with Gasteiger partial charge in [0.1, 0.15) is 0 Å². The SMILES string of the molecule is CN(C)S(=O)(=O)CCNC(=O)C1CCC(CN)CC1. The van der Waals surface area contributed by atoms with Crippen molar-refractivity contribution in [2.24, 2.45) is 17.6 Å². The molecule has 1 aliphatic carbocycles. The molecule has 19 heavy (non-hydrogen) atoms. The number of hydrogen-bond donors (Lipinski definition) is 2. The molecular weight excluding hydrogens is 266 g/mol. The second-order valence-corrected chi connectivity index (χ2v) is 7.65. The van der Waals surface area contributed by atoms with Crippen LogP contribution < -0.4 is 11.1 Å². The molecule has 3 N–H and O–H groups in total. The van der Waals surface area contributed by atoms with Gasteiger partial charge in [-0.05, 0) is 38.1 Å². The molecule has 1 amide bonds. The quantitative estimate of drug-likeness (QED) is 0.706. The number of amides is 1. The fraction of sp³-hybridized carbons (Fsp3) is 0.917. The van der Waals surface area contributed by atoms with E-state index in [1.54, 1.807) is 0 Å². The third-order valence-electron chi connectivity index (χ3n) is 3.77. The summed E-state index contributed by atoms with van der Waals surface area (Å²) in [4.78, 5) is 11.9. The van der Waals surface area contributed by atoms with Crippen LogP contribution >= 0.6 is 0 Å². The van der Waals surface area contributed by atoms with Gasteiger partial charge < -0.3 is 11.1 Å². The van der Waals surface area contributed by atoms with E-state index in [1.807, 2.05) is 0 Å². The average molecular weight is 291 g/mol. The van der Waals surface area contributed by atoms with Gasteiger partial charge in [-0.15, -0.1) is 0 Å². The summed E-state index contributed by atoms with van der Waals surface area (Å²) in [6.45, 7) is 0.867. The summed E-state index contributed by atoms with van der Waals surface area (Å²) >= 11 is 0. The molecule has 0 heterocycles. The van der Waals surface area contributed by atoms with E-state index in [4.69, 9.17) is 5.73 Å². The minimum absolute atomic E-state index is 0.0184. The zero-order valence-electron chi connectivity index (χ0n) is 11.8. The number of sulfonamides is 1. The van der Waals surface area contributed by atoms with Crippen LogP contribution in [0.5, 0.6) is 0 Å². The lowest BCUT2D eigenvalue weighted by Gasteiger charge is -2.26. The molecule has 0 bridgehead atoms. The number of carbonyl (C=O) groups is 1. The molecule has 0 atom stereocenters. The molecule has 0 spiro atoms. The third kappa shape index (κ3) is 5.08. The molecule has 6 nitrogen and oxygen atoms in total. The van der Waals surface area contributed by atoms with Crippen molar-refractivity contribution < 1.29 is 13.2 Å². The van der Waals surface area contributed by atoms with Gasteiger partial charge in [-0.1, -0.05) is 0 Å². The largest absolute Gasteiger partial charge is 0.355 e. The average Bonchev–Trinajstić information content (AvgIpc) is 2.38. The lowest BCUT2D eigenvalue weighted by molar-refractivity contribution is -0.126. The van der Waals surface area contributed by atoms with Gasteiger partial charge in [0.25, 0.3) is 0 Å². The number of nitrogens with one attached hydrogen (secondary N) is 1. The molecule has 0 aromatic carbocycles. The first-order valence-corrected chi connectivity index (χ1v) is 8.35. The van der Waals surface area contributed by atoms with E-state index in [2.05, 4.69) is 5.32 Å². The van der Waals surface area contributed by atoms with Crippen LogP contribution in [-0.4, -0.2) is 51.6 Å². The Morgan fingerprint density at radius 2 is 1.84 bits per heavy atom. The van der Waals surface area contributed by atoms with E-state index in [0.717, 1.165) is 25.7 Å². The molecule has 0 radical (unpaired) electrons. The van der Waals surface area contributed by atoms with Gasteiger partial charge in [0, 0.05) is 26.6 Å². The smallest absolute Gasteiger partial charge is 0.223 e. The minimum atomic E-state index is -3.24. The first kappa shape index (κ1) is 16.4. The Morgan fingerprint density at radius 3 is 2.32 bits per heavy atom. The van der Waals surface area contributed by atoms with Crippen molar-refractivity contribution in [1.29, 1.82) is 0 Å². The Kier molecular flexibility index (Phi) is 6.22. The highest BCUT2D eigenvalue weighted by Crippen LogP contribution is 2.27. The van der Waals surface area contributed by atoms with Gasteiger partial charge in [-0.25, -0.2) is 12.7 Å². The molecule has 0 aromatic heterocycles. The predicted molar refractivity (Wildman–Crippen MR) is 75.0 cm³/mol. The van der Waals surface area contributed by atoms with Crippen LogP contribution in [0.25, 0.3) is 0 Å². The summed E-state index contributed by atoms with van der Waals surface area (Å²) in [5, 5.41) is 2.72. The van der Waals surface area contributed by atoms with Gasteiger partial charge in [-0.3, -0.25) is 4.79 Å². The number of nitrogens with zero attached hydrogens (tertiary/aromatic N) is 1. The van der Waals surface area contributed by atoms with E-state index < -0.39 is 10.0 Å². The van der Waals surface area contributed by atoms with Gasteiger partial charge in [0.2, 0.25) is 15.9 Å². The third-order valence-corrected chi connectivity index (χ3v) is 5.60. The van der Waals surface area contributed by atoms with Crippen molar-refractivity contribution >= 4 is 15.9 Å². The molecule has 1 rings (SSSR count). The molecule has 112 valence electrons. The highest BCUT2D eigenvalue weighted by Gasteiger charge is 2.25. The topological polar surface area (TPSA) is 92.5 Å². The number of carbonyl (C=O) groups excluding carboxylic acids is 1. The summed E-state index contributed by atoms with van der Waals surface area (Å²) < 4.78 is 24.2. The standard InChI is InChI=1S/C12H25N3O3S/c1-15(2)19(17,18)8-7-14-12(16)11-5-3-10(9-13)4-6-11/h10-11H,3-9,13H2,1-2H3,(H,14,16). The van der Waals surface area contributed by atoms with Gasteiger partial charge >= 0.3 is 0 Å². The summed E-state index contributed by atoms with van der Waals surface area (Å²) in [5.41, 5.74) is 5.61. The fourth-order valence-corrected chi connectivity index (χ4v) is 3.02. The Morgan fingerprint density at radius 1 is 1.26 bits per heavy atom. The molecular formula is C12H25N3O3S. The Bertz CT molecular complexity index is 387. The molecule has 0 aromatic rings. The van der Waals surface area contributed by atoms with Crippen LogP contribution in [0.4, 0.5) is 0 Å². The Labute approximate surface area is 115 Å². The van der Waals surface area contributed by atoms with Crippen LogP contribution in [0.15, 0.2) is 0 Å². The van der Waals surface area contributed by atoms with Crippen molar-refractivity contribution in [3.63, 3.8) is 0 Å². The van der Waals surface area contributed by atoms with Crippen LogP contribution in [0.2, 0.25) is 0 Å². The van der Waals surface area contributed by atoms with E-state index in [9.17, 15) is 13.2 Å². The Hall–Kier alpha value is -0.660. The fourth-order valence-electron chi connectivity index (χ4n) is 2.29. The van der Waals surface area contributed by atoms with Crippen LogP contribution in [-0.2, 0) is 14.8 Å². The second kappa shape index (κ2) is 7.21. The molecule has 1 aliphatic rings. The first-order chi connectivity index (χ1) is 8.86. The van der Waals surface area contributed by atoms with Crippen molar-refractivity contribution in [3.8, 4) is 0 Å². The van der Waals surface area contributed by atoms with E-state index in [0.29, 0.717) is 12.5 Å². The monoisotopic (exact) mass is 291 g/mol. The van der Waals surface area contributed by atoms with Gasteiger partial charge in [0.05, 0.1) is 5.75 Å². The van der Waals surface area contributed by atoms with E-state index >= 15 is 0 Å². The minimum Gasteiger partial charge on any atom is -0.355 e. The van der Waals surface area contributed by atoms with Crippen molar-refractivity contribution in [3.05, 3.63) is 0 Å². The Balaban J connectivity index is 2.29. The van der Waals surface area contributed by atoms with Gasteiger partial charge in [0.15, 0.2) is 0 Å². The number of nitrogens with two attached hydrogens (primary N) is 1. The van der Waals surface area contributed by atoms with Crippen LogP contribution in [0, 0.1) is 11.8 Å². The van der Waals surface area contributed by atoms with Gasteiger partial charge in [-0.2, -0.15) is 0 Å². The molecule has 0 aliphatic heterocycles. The highest BCUT2D eigenvalue weighted by molar-refractivity contribution is 7.89. The summed E-state index contributed by atoms with van der Waals surface area (Å²) in [6.07, 6.45) is 3.69. The number of hydrogen-bond acceptors (Lipinski definition) is 4. The highest BCUT2D eigenvalue weighted by atomic mass is 32.2. The molecule has 0 unspecified atom stereocenters. The van der Waals surface area contributed by atoms with Crippen molar-refractivity contribution in [1.82, 2.24) is 9.62 Å². The molecule has 0 saturated heterocycles. The zero-order chi connectivity index (χ0) is 14.5. The maximum absolute atomic E-state index is 11.9. The summed E-state index contributed by atoms with van der Waals surface area (Å²) in [7, 11) is -0.253. The van der Waals surface area contributed by atoms with E-state index in [-0.39, 0.29) is 24.1 Å². The van der Waals surface area contributed by atoms with E-state index in [1.165, 1.54) is 18.4 Å². The normalized spacial score (nSPS) is 24.4. The van der Waals surface area contributed by atoms with Crippen LogP contribution in [0.3, 0.4) is 0 Å². The number of rotatable bonds is 6. The molecule has 1 saturated carbocycles. The maximum Gasteiger partial charge on any atom is 0.223 e. The maximum atomic E-state index is 11.9. The van der Waals surface area contributed by atoms with Crippen molar-refractivity contribution in [2.45, 2.75) is 25.7 Å².